The Labute approximate surface area is 69.7 Å². The standard InChI is InChI=1S/C6H10O.C3H9N/c1-3-5-7-6-4-2;1-2-3-4/h3-4H,1-2,5-6H2;2-4H2,1H3. The van der Waals surface area contributed by atoms with Crippen LogP contribution in [0, 0.1) is 0 Å². The summed E-state index contributed by atoms with van der Waals surface area (Å²) in [6, 6.07) is 0. The van der Waals surface area contributed by atoms with Crippen LogP contribution in [0.15, 0.2) is 25.3 Å². The number of hydrogen-bond acceptors (Lipinski definition) is 2. The fourth-order valence-corrected chi connectivity index (χ4v) is 0.235. The van der Waals surface area contributed by atoms with Gasteiger partial charge in [-0.05, 0) is 13.0 Å². The lowest BCUT2D eigenvalue weighted by atomic mass is 10.5. The van der Waals surface area contributed by atoms with E-state index in [-0.39, 0.29) is 0 Å². The zero-order valence-corrected chi connectivity index (χ0v) is 7.38. The van der Waals surface area contributed by atoms with E-state index in [4.69, 9.17) is 10.5 Å². The Morgan fingerprint density at radius 3 is 1.82 bits per heavy atom. The zero-order valence-electron chi connectivity index (χ0n) is 7.38. The molecule has 0 fully saturated rings. The van der Waals surface area contributed by atoms with Gasteiger partial charge in [-0.25, -0.2) is 0 Å². The minimum atomic E-state index is 0.617. The molecule has 2 heteroatoms. The first-order chi connectivity index (χ1) is 5.33. The van der Waals surface area contributed by atoms with Gasteiger partial charge in [0.25, 0.3) is 0 Å². The first-order valence-electron chi connectivity index (χ1n) is 3.83. The molecule has 0 aliphatic rings. The highest BCUT2D eigenvalue weighted by Crippen LogP contribution is 1.72. The van der Waals surface area contributed by atoms with Crippen molar-refractivity contribution in [1.29, 1.82) is 0 Å². The van der Waals surface area contributed by atoms with Gasteiger partial charge in [-0.1, -0.05) is 19.1 Å². The lowest BCUT2D eigenvalue weighted by Crippen LogP contribution is -1.93. The lowest BCUT2D eigenvalue weighted by molar-refractivity contribution is 0.194. The lowest BCUT2D eigenvalue weighted by Gasteiger charge is -1.89. The van der Waals surface area contributed by atoms with Gasteiger partial charge in [0.05, 0.1) is 13.2 Å². The molecule has 0 aliphatic heterocycles. The van der Waals surface area contributed by atoms with Crippen LogP contribution in [0.25, 0.3) is 0 Å². The molecule has 0 rings (SSSR count). The van der Waals surface area contributed by atoms with E-state index >= 15 is 0 Å². The number of ether oxygens (including phenoxy) is 1. The van der Waals surface area contributed by atoms with Crippen molar-refractivity contribution in [3.8, 4) is 0 Å². The van der Waals surface area contributed by atoms with Crippen LogP contribution in [-0.4, -0.2) is 19.8 Å². The highest BCUT2D eigenvalue weighted by molar-refractivity contribution is 4.68. The molecule has 0 saturated carbocycles. The van der Waals surface area contributed by atoms with Gasteiger partial charge in [-0.3, -0.25) is 0 Å². The molecule has 0 unspecified atom stereocenters. The first kappa shape index (κ1) is 13.0. The van der Waals surface area contributed by atoms with E-state index < -0.39 is 0 Å². The molecule has 0 bridgehead atoms. The van der Waals surface area contributed by atoms with Crippen LogP contribution < -0.4 is 5.73 Å². The summed E-state index contributed by atoms with van der Waals surface area (Å²) in [6.07, 6.45) is 4.52. The topological polar surface area (TPSA) is 35.2 Å². The van der Waals surface area contributed by atoms with Gasteiger partial charge in [0.15, 0.2) is 0 Å². The van der Waals surface area contributed by atoms with Crippen molar-refractivity contribution < 1.29 is 4.74 Å². The summed E-state index contributed by atoms with van der Waals surface area (Å²) in [6.45, 7) is 11.1. The van der Waals surface area contributed by atoms with E-state index in [0.29, 0.717) is 13.2 Å². The third-order valence-electron chi connectivity index (χ3n) is 0.760. The molecule has 11 heavy (non-hydrogen) atoms. The zero-order chi connectivity index (χ0) is 8.95. The molecular formula is C9H19NO. The summed E-state index contributed by atoms with van der Waals surface area (Å²) < 4.78 is 4.90. The van der Waals surface area contributed by atoms with Crippen molar-refractivity contribution in [1.82, 2.24) is 0 Å². The van der Waals surface area contributed by atoms with Crippen LogP contribution in [-0.2, 0) is 4.74 Å². The second kappa shape index (κ2) is 16.2. The van der Waals surface area contributed by atoms with E-state index in [1.165, 1.54) is 0 Å². The molecule has 2 N–H and O–H groups in total. The SMILES string of the molecule is C=CCOCC=C.CCCN. The highest BCUT2D eigenvalue weighted by Gasteiger charge is 1.70. The van der Waals surface area contributed by atoms with Gasteiger partial charge in [0.2, 0.25) is 0 Å². The minimum Gasteiger partial charge on any atom is -0.373 e. The van der Waals surface area contributed by atoms with Gasteiger partial charge in [-0.15, -0.1) is 13.2 Å². The maximum absolute atomic E-state index is 5.03. The smallest absolute Gasteiger partial charge is 0.0649 e. The molecule has 0 aromatic heterocycles. The summed E-state index contributed by atoms with van der Waals surface area (Å²) in [5, 5.41) is 0. The third kappa shape index (κ3) is 26.6. The molecule has 2 nitrogen and oxygen atoms in total. The number of nitrogens with two attached hydrogens (primary N) is 1. The van der Waals surface area contributed by atoms with Gasteiger partial charge in [0.1, 0.15) is 0 Å². The second-order valence-electron chi connectivity index (χ2n) is 1.90. The average Bonchev–Trinajstić information content (AvgIpc) is 2.06. The van der Waals surface area contributed by atoms with Gasteiger partial charge < -0.3 is 10.5 Å². The van der Waals surface area contributed by atoms with E-state index in [0.717, 1.165) is 13.0 Å². The van der Waals surface area contributed by atoms with E-state index in [1.807, 2.05) is 0 Å². The molecule has 0 atom stereocenters. The van der Waals surface area contributed by atoms with Crippen molar-refractivity contribution in [2.45, 2.75) is 13.3 Å². The quantitative estimate of drug-likeness (QED) is 0.487. The average molecular weight is 157 g/mol. The van der Waals surface area contributed by atoms with Crippen molar-refractivity contribution in [3.05, 3.63) is 25.3 Å². The second-order valence-corrected chi connectivity index (χ2v) is 1.90. The van der Waals surface area contributed by atoms with Crippen molar-refractivity contribution in [2.75, 3.05) is 19.8 Å². The van der Waals surface area contributed by atoms with Crippen LogP contribution in [0.3, 0.4) is 0 Å². The predicted molar refractivity (Wildman–Crippen MR) is 50.6 cm³/mol. The van der Waals surface area contributed by atoms with Gasteiger partial charge in [0, 0.05) is 0 Å². The monoisotopic (exact) mass is 157 g/mol. The Hall–Kier alpha value is -0.600. The summed E-state index contributed by atoms with van der Waals surface area (Å²) in [7, 11) is 0. The van der Waals surface area contributed by atoms with Crippen molar-refractivity contribution >= 4 is 0 Å². The molecule has 0 aromatic rings. The molecule has 0 amide bonds. The number of rotatable bonds is 5. The Balaban J connectivity index is 0. The molecule has 66 valence electrons. The Kier molecular flexibility index (Phi) is 19.2. The molecule has 0 radical (unpaired) electrons. The number of hydrogen-bond donors (Lipinski definition) is 1. The fourth-order valence-electron chi connectivity index (χ4n) is 0.235. The van der Waals surface area contributed by atoms with E-state index in [1.54, 1.807) is 12.2 Å². The minimum absolute atomic E-state index is 0.617. The third-order valence-corrected chi connectivity index (χ3v) is 0.760. The maximum atomic E-state index is 5.03. The molecule has 0 aromatic carbocycles. The first-order valence-corrected chi connectivity index (χ1v) is 3.83. The summed E-state index contributed by atoms with van der Waals surface area (Å²) in [5.74, 6) is 0. The van der Waals surface area contributed by atoms with Crippen LogP contribution in [0.5, 0.6) is 0 Å². The molecule has 0 heterocycles. The Bertz CT molecular complexity index is 71.6. The van der Waals surface area contributed by atoms with Crippen molar-refractivity contribution in [3.63, 3.8) is 0 Å². The van der Waals surface area contributed by atoms with Crippen LogP contribution in [0.4, 0.5) is 0 Å². The molecule has 0 aliphatic carbocycles. The molecule has 0 saturated heterocycles. The summed E-state index contributed by atoms with van der Waals surface area (Å²) in [5.41, 5.74) is 5.03. The Morgan fingerprint density at radius 1 is 1.27 bits per heavy atom. The van der Waals surface area contributed by atoms with Crippen LogP contribution >= 0.6 is 0 Å². The van der Waals surface area contributed by atoms with Crippen LogP contribution in [0.2, 0.25) is 0 Å². The predicted octanol–water partition coefficient (Wildman–Crippen LogP) is 1.73. The summed E-state index contributed by atoms with van der Waals surface area (Å²) in [4.78, 5) is 0. The molecule has 0 spiro atoms. The highest BCUT2D eigenvalue weighted by atomic mass is 16.5. The van der Waals surface area contributed by atoms with E-state index in [9.17, 15) is 0 Å². The normalized spacial score (nSPS) is 7.82. The van der Waals surface area contributed by atoms with Gasteiger partial charge in [-0.2, -0.15) is 0 Å². The van der Waals surface area contributed by atoms with Gasteiger partial charge >= 0.3 is 0 Å². The van der Waals surface area contributed by atoms with Crippen molar-refractivity contribution in [2.24, 2.45) is 5.73 Å². The molecular weight excluding hydrogens is 138 g/mol. The van der Waals surface area contributed by atoms with E-state index in [2.05, 4.69) is 20.1 Å². The van der Waals surface area contributed by atoms with Crippen LogP contribution in [0.1, 0.15) is 13.3 Å². The summed E-state index contributed by atoms with van der Waals surface area (Å²) >= 11 is 0. The maximum Gasteiger partial charge on any atom is 0.0649 e. The largest absolute Gasteiger partial charge is 0.373 e. The fraction of sp³-hybridized carbons (Fsp3) is 0.556. The Morgan fingerprint density at radius 2 is 1.64 bits per heavy atom.